The molecule has 1 aliphatic carbocycles. The average Bonchev–Trinajstić information content (AvgIpc) is 2.93. The van der Waals surface area contributed by atoms with E-state index in [1.54, 1.807) is 4.90 Å². The first-order chi connectivity index (χ1) is 18.0. The van der Waals surface area contributed by atoms with Crippen LogP contribution in [0.25, 0.3) is 0 Å². The minimum atomic E-state index is -0.662. The molecule has 2 N–H and O–H groups in total. The van der Waals surface area contributed by atoms with Crippen LogP contribution in [0.2, 0.25) is 0 Å². The van der Waals surface area contributed by atoms with Crippen LogP contribution in [0.15, 0.2) is 54.6 Å². The van der Waals surface area contributed by atoms with Crippen LogP contribution in [-0.4, -0.2) is 41.9 Å². The molecule has 3 aliphatic rings. The number of fused-ring (bicyclic) bond motifs is 2. The fraction of sp³-hybridized carbons (Fsp3) is 0.500. The van der Waals surface area contributed by atoms with Gasteiger partial charge in [-0.15, -0.1) is 0 Å². The van der Waals surface area contributed by atoms with Crippen LogP contribution in [0.3, 0.4) is 0 Å². The Balaban J connectivity index is 1.22. The van der Waals surface area contributed by atoms with Gasteiger partial charge < -0.3 is 20.3 Å². The SMILES string of the molecule is O=C1Cc2ccccc2C2(CCN(C(=O)N[C@@H](CC3CCCCC3)C(=O)OCc3ccccc3)CC2)N1. The van der Waals surface area contributed by atoms with Crippen LogP contribution in [0, 0.1) is 5.92 Å². The summed E-state index contributed by atoms with van der Waals surface area (Å²) in [5.41, 5.74) is 2.72. The Kier molecular flexibility index (Phi) is 7.77. The molecule has 5 rings (SSSR count). The molecule has 1 saturated heterocycles. The topological polar surface area (TPSA) is 87.7 Å². The zero-order valence-corrected chi connectivity index (χ0v) is 21.4. The van der Waals surface area contributed by atoms with E-state index in [1.165, 1.54) is 19.3 Å². The summed E-state index contributed by atoms with van der Waals surface area (Å²) >= 11 is 0. The molecule has 2 fully saturated rings. The van der Waals surface area contributed by atoms with E-state index in [2.05, 4.69) is 16.7 Å². The molecule has 0 radical (unpaired) electrons. The molecule has 3 amide bonds. The van der Waals surface area contributed by atoms with Crippen molar-refractivity contribution in [3.05, 3.63) is 71.3 Å². The third-order valence-electron chi connectivity index (χ3n) is 8.27. The zero-order valence-electron chi connectivity index (χ0n) is 21.4. The second kappa shape index (κ2) is 11.4. The van der Waals surface area contributed by atoms with Crippen molar-refractivity contribution in [2.75, 3.05) is 13.1 Å². The molecule has 2 aromatic rings. The van der Waals surface area contributed by atoms with Gasteiger partial charge in [0.1, 0.15) is 12.6 Å². The lowest BCUT2D eigenvalue weighted by atomic mass is 9.75. The molecular weight excluding hydrogens is 466 g/mol. The minimum Gasteiger partial charge on any atom is -0.459 e. The second-order valence-corrected chi connectivity index (χ2v) is 10.8. The van der Waals surface area contributed by atoms with E-state index < -0.39 is 11.6 Å². The quantitative estimate of drug-likeness (QED) is 0.571. The summed E-state index contributed by atoms with van der Waals surface area (Å²) in [5, 5.41) is 6.24. The normalized spacial score (nSPS) is 20.0. The average molecular weight is 504 g/mol. The maximum absolute atomic E-state index is 13.3. The highest BCUT2D eigenvalue weighted by Crippen LogP contribution is 2.38. The van der Waals surface area contributed by atoms with Crippen molar-refractivity contribution in [2.45, 2.75) is 76.0 Å². The summed E-state index contributed by atoms with van der Waals surface area (Å²) in [6.45, 7) is 1.22. The van der Waals surface area contributed by atoms with E-state index in [9.17, 15) is 14.4 Å². The molecular formula is C30H37N3O4. The van der Waals surface area contributed by atoms with Crippen LogP contribution < -0.4 is 10.6 Å². The lowest BCUT2D eigenvalue weighted by Gasteiger charge is -2.45. The van der Waals surface area contributed by atoms with Gasteiger partial charge in [0.25, 0.3) is 0 Å². The number of rotatable bonds is 6. The number of hydrogen-bond donors (Lipinski definition) is 2. The van der Waals surface area contributed by atoms with Gasteiger partial charge in [-0.05, 0) is 41.9 Å². The highest BCUT2D eigenvalue weighted by Gasteiger charge is 2.43. The number of urea groups is 1. The van der Waals surface area contributed by atoms with E-state index in [4.69, 9.17) is 4.74 Å². The molecule has 196 valence electrons. The molecule has 0 unspecified atom stereocenters. The van der Waals surface area contributed by atoms with Gasteiger partial charge in [0.15, 0.2) is 0 Å². The molecule has 1 saturated carbocycles. The first kappa shape index (κ1) is 25.3. The summed E-state index contributed by atoms with van der Waals surface area (Å²) in [4.78, 5) is 40.7. The molecule has 0 aromatic heterocycles. The first-order valence-corrected chi connectivity index (χ1v) is 13.7. The van der Waals surface area contributed by atoms with E-state index in [0.29, 0.717) is 44.7 Å². The number of piperidine rings is 1. The van der Waals surface area contributed by atoms with Gasteiger partial charge >= 0.3 is 12.0 Å². The Morgan fingerprint density at radius 1 is 1.00 bits per heavy atom. The van der Waals surface area contributed by atoms with E-state index in [1.807, 2.05) is 48.5 Å². The Bertz CT molecular complexity index is 1100. The Hall–Kier alpha value is -3.35. The summed E-state index contributed by atoms with van der Waals surface area (Å²) in [5.74, 6) is 0.0805. The van der Waals surface area contributed by atoms with Crippen molar-refractivity contribution < 1.29 is 19.1 Å². The molecule has 1 atom stereocenters. The third-order valence-corrected chi connectivity index (χ3v) is 8.27. The van der Waals surface area contributed by atoms with Crippen molar-refractivity contribution in [1.29, 1.82) is 0 Å². The number of carbonyl (C=O) groups is 3. The summed E-state index contributed by atoms with van der Waals surface area (Å²) in [7, 11) is 0. The minimum absolute atomic E-state index is 0.0327. The summed E-state index contributed by atoms with van der Waals surface area (Å²) in [6.07, 6.45) is 8.06. The highest BCUT2D eigenvalue weighted by atomic mass is 16.5. The third kappa shape index (κ3) is 5.97. The van der Waals surface area contributed by atoms with Crippen molar-refractivity contribution in [2.24, 2.45) is 5.92 Å². The van der Waals surface area contributed by atoms with Crippen LogP contribution in [0.5, 0.6) is 0 Å². The Morgan fingerprint density at radius 3 is 2.46 bits per heavy atom. The molecule has 0 bridgehead atoms. The smallest absolute Gasteiger partial charge is 0.329 e. The maximum atomic E-state index is 13.3. The van der Waals surface area contributed by atoms with Crippen molar-refractivity contribution in [3.63, 3.8) is 0 Å². The molecule has 2 aliphatic heterocycles. The number of nitrogens with one attached hydrogen (secondary N) is 2. The van der Waals surface area contributed by atoms with Crippen LogP contribution >= 0.6 is 0 Å². The number of likely N-dealkylation sites (tertiary alicyclic amines) is 1. The number of hydrogen-bond acceptors (Lipinski definition) is 4. The van der Waals surface area contributed by atoms with Gasteiger partial charge in [-0.2, -0.15) is 0 Å². The van der Waals surface area contributed by atoms with Gasteiger partial charge in [0, 0.05) is 13.1 Å². The van der Waals surface area contributed by atoms with E-state index in [0.717, 1.165) is 29.5 Å². The van der Waals surface area contributed by atoms with Crippen LogP contribution in [0.4, 0.5) is 4.79 Å². The van der Waals surface area contributed by atoms with Crippen LogP contribution in [-0.2, 0) is 32.9 Å². The summed E-state index contributed by atoms with van der Waals surface area (Å²) in [6, 6.07) is 16.8. The molecule has 2 heterocycles. The zero-order chi connectivity index (χ0) is 25.7. The Labute approximate surface area is 218 Å². The molecule has 7 nitrogen and oxygen atoms in total. The van der Waals surface area contributed by atoms with Crippen molar-refractivity contribution in [3.8, 4) is 0 Å². The number of esters is 1. The number of benzene rings is 2. The fourth-order valence-corrected chi connectivity index (χ4v) is 6.22. The van der Waals surface area contributed by atoms with E-state index >= 15 is 0 Å². The molecule has 2 aromatic carbocycles. The van der Waals surface area contributed by atoms with E-state index in [-0.39, 0.29) is 24.5 Å². The number of amides is 3. The lowest BCUT2D eigenvalue weighted by molar-refractivity contribution is -0.148. The monoisotopic (exact) mass is 503 g/mol. The largest absolute Gasteiger partial charge is 0.459 e. The second-order valence-electron chi connectivity index (χ2n) is 10.8. The van der Waals surface area contributed by atoms with Crippen molar-refractivity contribution in [1.82, 2.24) is 15.5 Å². The maximum Gasteiger partial charge on any atom is 0.329 e. The highest BCUT2D eigenvalue weighted by molar-refractivity contribution is 5.84. The van der Waals surface area contributed by atoms with Gasteiger partial charge in [0.05, 0.1) is 12.0 Å². The standard InChI is InChI=1S/C30H37N3O4/c34-27-20-24-13-7-8-14-25(24)30(32-27)15-17-33(18-16-30)29(36)31-26(19-22-9-3-1-4-10-22)28(35)37-21-23-11-5-2-6-12-23/h2,5-8,11-14,22,26H,1,3-4,9-10,15-21H2,(H,31,36)(H,32,34)/t26-/m0/s1. The summed E-state index contributed by atoms with van der Waals surface area (Å²) < 4.78 is 5.64. The molecule has 37 heavy (non-hydrogen) atoms. The van der Waals surface area contributed by atoms with Gasteiger partial charge in [-0.1, -0.05) is 86.7 Å². The molecule has 1 spiro atoms. The van der Waals surface area contributed by atoms with Crippen LogP contribution in [0.1, 0.15) is 68.1 Å². The number of nitrogens with zero attached hydrogens (tertiary/aromatic N) is 1. The number of ether oxygens (including phenoxy) is 1. The van der Waals surface area contributed by atoms with Crippen molar-refractivity contribution >= 4 is 17.9 Å². The van der Waals surface area contributed by atoms with Gasteiger partial charge in [0.2, 0.25) is 5.91 Å². The first-order valence-electron chi connectivity index (χ1n) is 13.7. The fourth-order valence-electron chi connectivity index (χ4n) is 6.22. The van der Waals surface area contributed by atoms with Gasteiger partial charge in [-0.3, -0.25) is 4.79 Å². The van der Waals surface area contributed by atoms with Gasteiger partial charge in [-0.25, -0.2) is 9.59 Å². The Morgan fingerprint density at radius 2 is 1.70 bits per heavy atom. The predicted molar refractivity (Wildman–Crippen MR) is 141 cm³/mol. The molecule has 7 heteroatoms. The predicted octanol–water partition coefficient (Wildman–Crippen LogP) is 4.44. The number of carbonyl (C=O) groups excluding carboxylic acids is 3. The lowest BCUT2D eigenvalue weighted by Crippen LogP contribution is -2.58.